The van der Waals surface area contributed by atoms with Crippen LogP contribution in [0.3, 0.4) is 0 Å². The van der Waals surface area contributed by atoms with Crippen molar-refractivity contribution in [3.63, 3.8) is 0 Å². The van der Waals surface area contributed by atoms with Crippen LogP contribution in [-0.2, 0) is 6.42 Å². The van der Waals surface area contributed by atoms with Gasteiger partial charge in [0.15, 0.2) is 0 Å². The van der Waals surface area contributed by atoms with Gasteiger partial charge in [0.25, 0.3) is 0 Å². The maximum atomic E-state index is 5.96. The zero-order valence-electron chi connectivity index (χ0n) is 10.0. The second kappa shape index (κ2) is 5.67. The molecule has 1 atom stereocenters. The molecule has 1 N–H and O–H groups in total. The Morgan fingerprint density at radius 1 is 1.24 bits per heavy atom. The molecule has 0 saturated heterocycles. The van der Waals surface area contributed by atoms with Gasteiger partial charge in [-0.2, -0.15) is 0 Å². The van der Waals surface area contributed by atoms with Crippen LogP contribution in [0.5, 0.6) is 0 Å². The Morgan fingerprint density at radius 2 is 2.00 bits per heavy atom. The molecule has 3 heteroatoms. The minimum atomic E-state index is 0.353. The molecule has 0 fully saturated rings. The third-order valence-electron chi connectivity index (χ3n) is 2.95. The molecule has 0 spiro atoms. The van der Waals surface area contributed by atoms with E-state index in [2.05, 4.69) is 42.6 Å². The van der Waals surface area contributed by atoms with E-state index in [1.54, 1.807) is 11.3 Å². The second-order valence-electron chi connectivity index (χ2n) is 4.11. The van der Waals surface area contributed by atoms with Crippen LogP contribution in [0.15, 0.2) is 36.4 Å². The number of rotatable bonds is 4. The third kappa shape index (κ3) is 3.09. The molecule has 0 bridgehead atoms. The molecule has 90 valence electrons. The Hall–Kier alpha value is -0.830. The third-order valence-corrected chi connectivity index (χ3v) is 4.20. The molecule has 17 heavy (non-hydrogen) atoms. The largest absolute Gasteiger partial charge is 0.313 e. The molecule has 0 amide bonds. The summed E-state index contributed by atoms with van der Waals surface area (Å²) >= 11 is 7.62. The van der Waals surface area contributed by atoms with Gasteiger partial charge in [-0.05, 0) is 37.2 Å². The van der Waals surface area contributed by atoms with Gasteiger partial charge in [-0.15, -0.1) is 11.3 Å². The predicted octanol–water partition coefficient (Wildman–Crippen LogP) is 4.21. The normalized spacial score (nSPS) is 12.6. The van der Waals surface area contributed by atoms with Crippen molar-refractivity contribution in [1.29, 1.82) is 0 Å². The molecule has 1 aromatic carbocycles. The number of likely N-dealkylation sites (N-methyl/N-ethyl adjacent to an activating group) is 1. The lowest BCUT2D eigenvalue weighted by Crippen LogP contribution is -2.19. The van der Waals surface area contributed by atoms with Crippen molar-refractivity contribution < 1.29 is 0 Å². The summed E-state index contributed by atoms with van der Waals surface area (Å²) in [5.74, 6) is 0. The number of thiophene rings is 1. The van der Waals surface area contributed by atoms with Crippen LogP contribution < -0.4 is 5.32 Å². The zero-order valence-corrected chi connectivity index (χ0v) is 11.6. The number of hydrogen-bond acceptors (Lipinski definition) is 2. The van der Waals surface area contributed by atoms with Crippen molar-refractivity contribution in [3.8, 4) is 0 Å². The summed E-state index contributed by atoms with van der Waals surface area (Å²) in [6.07, 6.45) is 0.985. The number of aryl methyl sites for hydroxylation is 1. The SMILES string of the molecule is CNC(Cc1ccc(Cl)s1)c1ccccc1C. The maximum Gasteiger partial charge on any atom is 0.0931 e. The van der Waals surface area contributed by atoms with Gasteiger partial charge in [-0.25, -0.2) is 0 Å². The molecular weight excluding hydrogens is 250 g/mol. The highest BCUT2D eigenvalue weighted by Crippen LogP contribution is 2.27. The minimum Gasteiger partial charge on any atom is -0.313 e. The lowest BCUT2D eigenvalue weighted by Gasteiger charge is -2.18. The first-order valence-corrected chi connectivity index (χ1v) is 6.87. The zero-order chi connectivity index (χ0) is 12.3. The Kier molecular flexibility index (Phi) is 4.21. The summed E-state index contributed by atoms with van der Waals surface area (Å²) in [6.45, 7) is 2.15. The topological polar surface area (TPSA) is 12.0 Å². The first kappa shape index (κ1) is 12.6. The fourth-order valence-electron chi connectivity index (χ4n) is 2.01. The van der Waals surface area contributed by atoms with Gasteiger partial charge in [0.2, 0.25) is 0 Å². The van der Waals surface area contributed by atoms with Gasteiger partial charge in [0.1, 0.15) is 0 Å². The van der Waals surface area contributed by atoms with Gasteiger partial charge in [0.05, 0.1) is 4.34 Å². The monoisotopic (exact) mass is 265 g/mol. The van der Waals surface area contributed by atoms with Crippen molar-refractivity contribution in [3.05, 3.63) is 56.7 Å². The predicted molar refractivity (Wildman–Crippen MR) is 76.0 cm³/mol. The first-order chi connectivity index (χ1) is 8.20. The fourth-order valence-corrected chi connectivity index (χ4v) is 3.14. The molecule has 1 aromatic heterocycles. The van der Waals surface area contributed by atoms with E-state index in [0.717, 1.165) is 10.8 Å². The quantitative estimate of drug-likeness (QED) is 0.873. The Morgan fingerprint density at radius 3 is 2.59 bits per heavy atom. The standard InChI is InChI=1S/C14H16ClNS/c1-10-5-3-4-6-12(10)13(16-2)9-11-7-8-14(15)17-11/h3-8,13,16H,9H2,1-2H3. The first-order valence-electron chi connectivity index (χ1n) is 5.67. The summed E-state index contributed by atoms with van der Waals surface area (Å²) in [7, 11) is 2.01. The van der Waals surface area contributed by atoms with E-state index in [4.69, 9.17) is 11.6 Å². The molecule has 0 aliphatic rings. The van der Waals surface area contributed by atoms with Crippen LogP contribution in [0, 0.1) is 6.92 Å². The lowest BCUT2D eigenvalue weighted by atomic mass is 9.98. The summed E-state index contributed by atoms with van der Waals surface area (Å²) in [5.41, 5.74) is 2.69. The highest BCUT2D eigenvalue weighted by molar-refractivity contribution is 7.16. The van der Waals surface area contributed by atoms with Crippen molar-refractivity contribution >= 4 is 22.9 Å². The smallest absolute Gasteiger partial charge is 0.0931 e. The van der Waals surface area contributed by atoms with E-state index >= 15 is 0 Å². The average molecular weight is 266 g/mol. The number of benzene rings is 1. The van der Waals surface area contributed by atoms with E-state index in [-0.39, 0.29) is 0 Å². The fraction of sp³-hybridized carbons (Fsp3) is 0.286. The molecule has 2 aromatic rings. The molecule has 0 aliphatic carbocycles. The van der Waals surface area contributed by atoms with Gasteiger partial charge in [-0.3, -0.25) is 0 Å². The Balaban J connectivity index is 2.20. The van der Waals surface area contributed by atoms with E-state index in [9.17, 15) is 0 Å². The van der Waals surface area contributed by atoms with E-state index in [0.29, 0.717) is 6.04 Å². The van der Waals surface area contributed by atoms with Crippen LogP contribution in [0.2, 0.25) is 4.34 Å². The summed E-state index contributed by atoms with van der Waals surface area (Å²) in [5, 5.41) is 3.38. The molecule has 1 nitrogen and oxygen atoms in total. The highest BCUT2D eigenvalue weighted by atomic mass is 35.5. The summed E-state index contributed by atoms with van der Waals surface area (Å²) in [6, 6.07) is 12.9. The van der Waals surface area contributed by atoms with Crippen LogP contribution in [0.1, 0.15) is 22.0 Å². The van der Waals surface area contributed by atoms with Gasteiger partial charge in [0, 0.05) is 17.3 Å². The second-order valence-corrected chi connectivity index (χ2v) is 5.91. The van der Waals surface area contributed by atoms with Crippen molar-refractivity contribution in [1.82, 2.24) is 5.32 Å². The number of nitrogens with one attached hydrogen (secondary N) is 1. The lowest BCUT2D eigenvalue weighted by molar-refractivity contribution is 0.593. The van der Waals surface area contributed by atoms with Crippen LogP contribution >= 0.6 is 22.9 Å². The maximum absolute atomic E-state index is 5.96. The van der Waals surface area contributed by atoms with E-state index in [1.807, 2.05) is 13.1 Å². The minimum absolute atomic E-state index is 0.353. The Bertz CT molecular complexity index is 492. The van der Waals surface area contributed by atoms with Crippen LogP contribution in [0.25, 0.3) is 0 Å². The van der Waals surface area contributed by atoms with E-state index < -0.39 is 0 Å². The molecule has 0 saturated carbocycles. The molecule has 0 aliphatic heterocycles. The molecule has 0 radical (unpaired) electrons. The Labute approximate surface area is 111 Å². The van der Waals surface area contributed by atoms with Crippen molar-refractivity contribution in [2.24, 2.45) is 0 Å². The highest BCUT2D eigenvalue weighted by Gasteiger charge is 2.13. The molecule has 1 heterocycles. The molecular formula is C14H16ClNS. The van der Waals surface area contributed by atoms with Crippen molar-refractivity contribution in [2.75, 3.05) is 7.05 Å². The molecule has 1 unspecified atom stereocenters. The van der Waals surface area contributed by atoms with Gasteiger partial charge < -0.3 is 5.32 Å². The van der Waals surface area contributed by atoms with Crippen LogP contribution in [-0.4, -0.2) is 7.05 Å². The van der Waals surface area contributed by atoms with Gasteiger partial charge >= 0.3 is 0 Å². The van der Waals surface area contributed by atoms with Crippen molar-refractivity contribution in [2.45, 2.75) is 19.4 Å². The number of halogens is 1. The van der Waals surface area contributed by atoms with Gasteiger partial charge in [-0.1, -0.05) is 35.9 Å². The average Bonchev–Trinajstić information content (AvgIpc) is 2.73. The summed E-state index contributed by atoms with van der Waals surface area (Å²) < 4.78 is 0.861. The molecule has 2 rings (SSSR count). The summed E-state index contributed by atoms with van der Waals surface area (Å²) in [4.78, 5) is 1.32. The number of hydrogen-bond donors (Lipinski definition) is 1. The van der Waals surface area contributed by atoms with Crippen LogP contribution in [0.4, 0.5) is 0 Å². The van der Waals surface area contributed by atoms with E-state index in [1.165, 1.54) is 16.0 Å².